The van der Waals surface area contributed by atoms with Gasteiger partial charge in [0.1, 0.15) is 0 Å². The Kier molecular flexibility index (Phi) is 3.24. The van der Waals surface area contributed by atoms with Gasteiger partial charge in [0.05, 0.1) is 0 Å². The Labute approximate surface area is 94.0 Å². The second-order valence-electron chi connectivity index (χ2n) is 4.06. The molecule has 0 aromatic heterocycles. The van der Waals surface area contributed by atoms with Crippen LogP contribution < -0.4 is 5.32 Å². The molecule has 0 bridgehead atoms. The summed E-state index contributed by atoms with van der Waals surface area (Å²) in [7, 11) is 0. The molecule has 2 rings (SSSR count). The number of halogens is 1. The fourth-order valence-electron chi connectivity index (χ4n) is 1.94. The van der Waals surface area contributed by atoms with E-state index in [1.807, 2.05) is 0 Å². The minimum Gasteiger partial charge on any atom is -0.313 e. The molecule has 2 unspecified atom stereocenters. The Hall–Kier alpha value is -0.340. The van der Waals surface area contributed by atoms with Crippen molar-refractivity contribution in [3.8, 4) is 0 Å². The van der Waals surface area contributed by atoms with Crippen molar-refractivity contribution in [2.24, 2.45) is 0 Å². The van der Waals surface area contributed by atoms with E-state index in [-0.39, 0.29) is 0 Å². The van der Waals surface area contributed by atoms with Crippen molar-refractivity contribution in [2.75, 3.05) is 11.9 Å². The topological polar surface area (TPSA) is 12.0 Å². The highest BCUT2D eigenvalue weighted by Crippen LogP contribution is 2.33. The molecular formula is C12H16BrN. The van der Waals surface area contributed by atoms with Gasteiger partial charge in [-0.2, -0.15) is 0 Å². The van der Waals surface area contributed by atoms with Crippen LogP contribution in [0.3, 0.4) is 0 Å². The maximum absolute atomic E-state index is 3.53. The number of benzene rings is 1. The first-order valence-corrected chi connectivity index (χ1v) is 6.30. The first-order chi connectivity index (χ1) is 6.81. The maximum Gasteiger partial charge on any atom is 0.0183 e. The molecule has 0 fully saturated rings. The van der Waals surface area contributed by atoms with Crippen LogP contribution in [-0.4, -0.2) is 17.9 Å². The SMILES string of the molecule is CC(CBr)NCC1Cc2ccccc21. The summed E-state index contributed by atoms with van der Waals surface area (Å²) in [5.74, 6) is 0.743. The van der Waals surface area contributed by atoms with Gasteiger partial charge in [-0.05, 0) is 24.5 Å². The number of rotatable bonds is 4. The van der Waals surface area contributed by atoms with Crippen molar-refractivity contribution in [1.82, 2.24) is 5.32 Å². The number of alkyl halides is 1. The van der Waals surface area contributed by atoms with E-state index >= 15 is 0 Å². The van der Waals surface area contributed by atoms with Crippen molar-refractivity contribution in [3.63, 3.8) is 0 Å². The predicted molar refractivity (Wildman–Crippen MR) is 64.1 cm³/mol. The lowest BCUT2D eigenvalue weighted by atomic mass is 9.77. The zero-order chi connectivity index (χ0) is 9.97. The minimum absolute atomic E-state index is 0.572. The molecule has 2 atom stereocenters. The van der Waals surface area contributed by atoms with Crippen LogP contribution in [0.15, 0.2) is 24.3 Å². The van der Waals surface area contributed by atoms with Crippen molar-refractivity contribution >= 4 is 15.9 Å². The molecule has 1 aromatic rings. The number of hydrogen-bond donors (Lipinski definition) is 1. The highest BCUT2D eigenvalue weighted by molar-refractivity contribution is 9.09. The van der Waals surface area contributed by atoms with Gasteiger partial charge in [-0.1, -0.05) is 40.2 Å². The van der Waals surface area contributed by atoms with Crippen LogP contribution in [0.25, 0.3) is 0 Å². The number of nitrogens with one attached hydrogen (secondary N) is 1. The second-order valence-corrected chi connectivity index (χ2v) is 4.71. The molecular weight excluding hydrogens is 238 g/mol. The fraction of sp³-hybridized carbons (Fsp3) is 0.500. The van der Waals surface area contributed by atoms with Gasteiger partial charge in [-0.3, -0.25) is 0 Å². The standard InChI is InChI=1S/C12H16BrN/c1-9(7-13)14-8-11-6-10-4-2-3-5-12(10)11/h2-5,9,11,14H,6-8H2,1H3. The van der Waals surface area contributed by atoms with E-state index in [0.717, 1.165) is 17.8 Å². The third kappa shape index (κ3) is 2.01. The van der Waals surface area contributed by atoms with E-state index in [9.17, 15) is 0 Å². The lowest BCUT2D eigenvalue weighted by Gasteiger charge is -2.31. The number of hydrogen-bond acceptors (Lipinski definition) is 1. The molecule has 0 saturated carbocycles. The van der Waals surface area contributed by atoms with Crippen LogP contribution >= 0.6 is 15.9 Å². The molecule has 0 aliphatic heterocycles. The molecule has 2 heteroatoms. The average molecular weight is 254 g/mol. The van der Waals surface area contributed by atoms with Gasteiger partial charge in [0, 0.05) is 23.8 Å². The summed E-state index contributed by atoms with van der Waals surface area (Å²) in [6, 6.07) is 9.33. The van der Waals surface area contributed by atoms with Gasteiger partial charge in [0.25, 0.3) is 0 Å². The van der Waals surface area contributed by atoms with E-state index < -0.39 is 0 Å². The number of fused-ring (bicyclic) bond motifs is 1. The molecule has 1 N–H and O–H groups in total. The zero-order valence-corrected chi connectivity index (χ0v) is 10.0. The Morgan fingerprint density at radius 1 is 1.50 bits per heavy atom. The van der Waals surface area contributed by atoms with Gasteiger partial charge >= 0.3 is 0 Å². The van der Waals surface area contributed by atoms with Crippen LogP contribution in [-0.2, 0) is 6.42 Å². The summed E-state index contributed by atoms with van der Waals surface area (Å²) in [5, 5.41) is 4.56. The van der Waals surface area contributed by atoms with Crippen molar-refractivity contribution < 1.29 is 0 Å². The largest absolute Gasteiger partial charge is 0.313 e. The second kappa shape index (κ2) is 4.45. The smallest absolute Gasteiger partial charge is 0.0183 e. The van der Waals surface area contributed by atoms with Gasteiger partial charge < -0.3 is 5.32 Å². The van der Waals surface area contributed by atoms with Gasteiger partial charge in [-0.15, -0.1) is 0 Å². The summed E-state index contributed by atoms with van der Waals surface area (Å²) in [4.78, 5) is 0. The van der Waals surface area contributed by atoms with E-state index in [2.05, 4.69) is 52.4 Å². The van der Waals surface area contributed by atoms with Crippen LogP contribution in [0.4, 0.5) is 0 Å². The van der Waals surface area contributed by atoms with E-state index in [1.165, 1.54) is 12.0 Å². The molecule has 14 heavy (non-hydrogen) atoms. The molecule has 0 heterocycles. The van der Waals surface area contributed by atoms with E-state index in [1.54, 1.807) is 5.56 Å². The molecule has 76 valence electrons. The monoisotopic (exact) mass is 253 g/mol. The molecule has 0 amide bonds. The van der Waals surface area contributed by atoms with Crippen molar-refractivity contribution in [3.05, 3.63) is 35.4 Å². The molecule has 1 aromatic carbocycles. The first-order valence-electron chi connectivity index (χ1n) is 5.18. The summed E-state index contributed by atoms with van der Waals surface area (Å²) >= 11 is 3.47. The predicted octanol–water partition coefficient (Wildman–Crippen LogP) is 2.70. The van der Waals surface area contributed by atoms with Gasteiger partial charge in [0.2, 0.25) is 0 Å². The first kappa shape index (κ1) is 10.2. The Balaban J connectivity index is 1.87. The Bertz CT molecular complexity index is 311. The minimum atomic E-state index is 0.572. The summed E-state index contributed by atoms with van der Waals surface area (Å²) in [6.07, 6.45) is 1.25. The molecule has 1 aliphatic rings. The van der Waals surface area contributed by atoms with Crippen LogP contribution in [0, 0.1) is 0 Å². The fourth-order valence-corrected chi connectivity index (χ4v) is 2.17. The lowest BCUT2D eigenvalue weighted by molar-refractivity contribution is 0.501. The third-order valence-electron chi connectivity index (χ3n) is 2.91. The highest BCUT2D eigenvalue weighted by Gasteiger charge is 2.24. The highest BCUT2D eigenvalue weighted by atomic mass is 79.9. The van der Waals surface area contributed by atoms with Gasteiger partial charge in [-0.25, -0.2) is 0 Å². The molecule has 0 saturated heterocycles. The maximum atomic E-state index is 3.53. The molecule has 0 radical (unpaired) electrons. The third-order valence-corrected chi connectivity index (χ3v) is 3.88. The van der Waals surface area contributed by atoms with Crippen LogP contribution in [0.2, 0.25) is 0 Å². The quantitative estimate of drug-likeness (QED) is 0.814. The summed E-state index contributed by atoms with van der Waals surface area (Å²) in [5.41, 5.74) is 3.08. The van der Waals surface area contributed by atoms with Gasteiger partial charge in [0.15, 0.2) is 0 Å². The van der Waals surface area contributed by atoms with Crippen molar-refractivity contribution in [1.29, 1.82) is 0 Å². The zero-order valence-electron chi connectivity index (χ0n) is 8.46. The lowest BCUT2D eigenvalue weighted by Crippen LogP contribution is -2.35. The Morgan fingerprint density at radius 3 is 3.00 bits per heavy atom. The van der Waals surface area contributed by atoms with Crippen molar-refractivity contribution in [2.45, 2.75) is 25.3 Å². The Morgan fingerprint density at radius 2 is 2.29 bits per heavy atom. The molecule has 1 aliphatic carbocycles. The van der Waals surface area contributed by atoms with E-state index in [0.29, 0.717) is 6.04 Å². The molecule has 1 nitrogen and oxygen atoms in total. The summed E-state index contributed by atoms with van der Waals surface area (Å²) in [6.45, 7) is 3.32. The summed E-state index contributed by atoms with van der Waals surface area (Å²) < 4.78 is 0. The van der Waals surface area contributed by atoms with E-state index in [4.69, 9.17) is 0 Å². The average Bonchev–Trinajstić information content (AvgIpc) is 2.19. The normalized spacial score (nSPS) is 21.1. The van der Waals surface area contributed by atoms with Crippen LogP contribution in [0.1, 0.15) is 24.0 Å². The molecule has 0 spiro atoms. The van der Waals surface area contributed by atoms with Crippen LogP contribution in [0.5, 0.6) is 0 Å².